The molecule has 0 spiro atoms. The van der Waals surface area contributed by atoms with Gasteiger partial charge in [-0.05, 0) is 118 Å². The van der Waals surface area contributed by atoms with Crippen molar-refractivity contribution in [3.63, 3.8) is 0 Å². The molecule has 0 amide bonds. The van der Waals surface area contributed by atoms with Crippen LogP contribution in [0.3, 0.4) is 0 Å². The number of pyridine rings is 1. The summed E-state index contributed by atoms with van der Waals surface area (Å²) in [5.41, 5.74) is 3.23. The summed E-state index contributed by atoms with van der Waals surface area (Å²) in [5, 5.41) is 5.33. The maximum atomic E-state index is 14.0. The number of aromatic nitrogens is 1. The van der Waals surface area contributed by atoms with Crippen molar-refractivity contribution >= 4 is 58.2 Å². The molecule has 1 aromatic heterocycles. The molecule has 0 aliphatic carbocycles. The third-order valence-corrected chi connectivity index (χ3v) is 16.0. The van der Waals surface area contributed by atoms with Crippen LogP contribution in [0.4, 0.5) is 17.6 Å². The standard InChI is InChI=1S/C43H31F4NP2/c1-49(36-20-12-32(44)13-21-36,37-22-14-33(45)15-23-37)40-8-3-6-30(28-40)42-10-5-11-43(48-42)31-7-4-9-41(29-31)50(2,38-24-16-34(46)17-25-38)39-26-18-35(47)19-27-39/h3-29H,1-2H2. The lowest BCUT2D eigenvalue weighted by Gasteiger charge is -2.27. The van der Waals surface area contributed by atoms with Crippen molar-refractivity contribution < 1.29 is 17.6 Å². The Morgan fingerprint density at radius 2 is 0.620 bits per heavy atom. The van der Waals surface area contributed by atoms with E-state index < -0.39 is 13.8 Å². The van der Waals surface area contributed by atoms with Crippen LogP contribution < -0.4 is 31.8 Å². The average molecular weight is 700 g/mol. The summed E-state index contributed by atoms with van der Waals surface area (Å²) in [5.74, 6) is -1.36. The van der Waals surface area contributed by atoms with Crippen molar-refractivity contribution in [2.75, 3.05) is 0 Å². The minimum absolute atomic E-state index is 0.341. The number of halogens is 4. The van der Waals surface area contributed by atoms with Gasteiger partial charge in [0.25, 0.3) is 0 Å². The van der Waals surface area contributed by atoms with Gasteiger partial charge in [-0.2, -0.15) is 0 Å². The number of nitrogens with zero attached hydrogens (tertiary/aromatic N) is 1. The minimum Gasteiger partial charge on any atom is -0.248 e. The van der Waals surface area contributed by atoms with Gasteiger partial charge < -0.3 is 0 Å². The van der Waals surface area contributed by atoms with Gasteiger partial charge in [0.1, 0.15) is 23.3 Å². The summed E-state index contributed by atoms with van der Waals surface area (Å²) in [6.45, 7) is -5.07. The van der Waals surface area contributed by atoms with Crippen molar-refractivity contribution in [3.05, 3.63) is 187 Å². The first-order valence-corrected chi connectivity index (χ1v) is 19.8. The van der Waals surface area contributed by atoms with Crippen molar-refractivity contribution in [2.45, 2.75) is 0 Å². The summed E-state index contributed by atoms with van der Waals surface area (Å²) < 4.78 is 56.0. The van der Waals surface area contributed by atoms with Gasteiger partial charge >= 0.3 is 0 Å². The molecule has 0 unspecified atom stereocenters. The van der Waals surface area contributed by atoms with E-state index in [1.165, 1.54) is 48.5 Å². The fraction of sp³-hybridized carbons (Fsp3) is 0. The van der Waals surface area contributed by atoms with Gasteiger partial charge in [0.05, 0.1) is 11.4 Å². The van der Waals surface area contributed by atoms with E-state index >= 15 is 0 Å². The molecule has 0 N–H and O–H groups in total. The Hall–Kier alpha value is -5.21. The van der Waals surface area contributed by atoms with Crippen LogP contribution >= 0.6 is 13.8 Å². The van der Waals surface area contributed by atoms with Crippen molar-refractivity contribution in [1.29, 1.82) is 0 Å². The van der Waals surface area contributed by atoms with E-state index in [9.17, 15) is 17.6 Å². The molecular weight excluding hydrogens is 668 g/mol. The van der Waals surface area contributed by atoms with Crippen LogP contribution in [0, 0.1) is 23.3 Å². The van der Waals surface area contributed by atoms with Crippen molar-refractivity contribution in [3.8, 4) is 22.5 Å². The zero-order valence-electron chi connectivity index (χ0n) is 26.9. The van der Waals surface area contributed by atoms with E-state index in [0.29, 0.717) is 0 Å². The average Bonchev–Trinajstić information content (AvgIpc) is 3.15. The van der Waals surface area contributed by atoms with E-state index in [2.05, 4.69) is 12.1 Å². The van der Waals surface area contributed by atoms with Crippen LogP contribution in [0.25, 0.3) is 22.5 Å². The molecule has 0 aliphatic heterocycles. The molecule has 0 aliphatic rings. The Morgan fingerprint density at radius 3 is 0.920 bits per heavy atom. The second-order valence-electron chi connectivity index (χ2n) is 12.0. The SMILES string of the molecule is C=P(c1ccc(F)cc1)(c1ccc(F)cc1)c1cccc(-c2cccc(-c3cccc(P(=C)(c4ccc(F)cc4)c4ccc(F)cc4)c3)n2)c1. The van der Waals surface area contributed by atoms with Crippen LogP contribution in [0.15, 0.2) is 164 Å². The third kappa shape index (κ3) is 6.31. The molecule has 0 atom stereocenters. The molecule has 0 bridgehead atoms. The molecule has 1 heterocycles. The highest BCUT2D eigenvalue weighted by atomic mass is 31.2. The second kappa shape index (κ2) is 13.6. The molecule has 7 rings (SSSR count). The summed E-state index contributed by atoms with van der Waals surface area (Å²) in [7, 11) is 0. The van der Waals surface area contributed by atoms with E-state index in [0.717, 1.165) is 54.3 Å². The van der Waals surface area contributed by atoms with Gasteiger partial charge in [-0.15, -0.1) is 0 Å². The molecular formula is C43H31F4NP2. The fourth-order valence-corrected chi connectivity index (χ4v) is 12.1. The van der Waals surface area contributed by atoms with Gasteiger partial charge in [0, 0.05) is 11.1 Å². The van der Waals surface area contributed by atoms with Crippen LogP contribution in [0.5, 0.6) is 0 Å². The monoisotopic (exact) mass is 699 g/mol. The predicted octanol–water partition coefficient (Wildman–Crippen LogP) is 8.42. The number of hydrogen-bond acceptors (Lipinski definition) is 1. The first kappa shape index (κ1) is 33.3. The minimum atomic E-state index is -2.53. The number of hydrogen-bond donors (Lipinski definition) is 0. The van der Waals surface area contributed by atoms with Gasteiger partial charge in [0.2, 0.25) is 0 Å². The molecule has 246 valence electrons. The molecule has 0 fully saturated rings. The molecule has 1 nitrogen and oxygen atoms in total. The highest BCUT2D eigenvalue weighted by Gasteiger charge is 2.25. The quantitative estimate of drug-likeness (QED) is 0.115. The smallest absolute Gasteiger partial charge is 0.123 e. The largest absolute Gasteiger partial charge is 0.248 e. The molecule has 50 heavy (non-hydrogen) atoms. The lowest BCUT2D eigenvalue weighted by Crippen LogP contribution is -2.25. The van der Waals surface area contributed by atoms with E-state index in [-0.39, 0.29) is 23.3 Å². The highest BCUT2D eigenvalue weighted by Crippen LogP contribution is 2.44. The number of rotatable bonds is 8. The van der Waals surface area contributed by atoms with E-state index in [1.54, 1.807) is 48.5 Å². The Morgan fingerprint density at radius 1 is 0.340 bits per heavy atom. The molecule has 0 radical (unpaired) electrons. The topological polar surface area (TPSA) is 12.9 Å². The Balaban J connectivity index is 1.31. The molecule has 0 saturated heterocycles. The zero-order valence-corrected chi connectivity index (χ0v) is 28.6. The Labute approximate surface area is 289 Å². The van der Waals surface area contributed by atoms with Crippen molar-refractivity contribution in [1.82, 2.24) is 4.98 Å². The number of benzene rings is 6. The van der Waals surface area contributed by atoms with Crippen molar-refractivity contribution in [2.24, 2.45) is 0 Å². The summed E-state index contributed by atoms with van der Waals surface area (Å²) in [6, 6.07) is 47.3. The summed E-state index contributed by atoms with van der Waals surface area (Å²) in [4.78, 5) is 5.08. The second-order valence-corrected chi connectivity index (χ2v) is 18.4. The van der Waals surface area contributed by atoms with Crippen LogP contribution in [-0.2, 0) is 0 Å². The molecule has 0 saturated carbocycles. The fourth-order valence-electron chi connectivity index (χ4n) is 6.24. The van der Waals surface area contributed by atoms with Gasteiger partial charge in [-0.3, -0.25) is 0 Å². The van der Waals surface area contributed by atoms with E-state index in [4.69, 9.17) is 17.6 Å². The Bertz CT molecular complexity index is 2140. The molecule has 7 heteroatoms. The van der Waals surface area contributed by atoms with Crippen LogP contribution in [0.1, 0.15) is 0 Å². The van der Waals surface area contributed by atoms with Crippen LogP contribution in [0.2, 0.25) is 0 Å². The lowest BCUT2D eigenvalue weighted by molar-refractivity contribution is 0.628. The maximum absolute atomic E-state index is 14.0. The van der Waals surface area contributed by atoms with Crippen LogP contribution in [-0.4, -0.2) is 17.6 Å². The van der Waals surface area contributed by atoms with Gasteiger partial charge in [-0.1, -0.05) is 104 Å². The third-order valence-electron chi connectivity index (χ3n) is 8.98. The molecule has 6 aromatic carbocycles. The van der Waals surface area contributed by atoms with Gasteiger partial charge in [0.15, 0.2) is 0 Å². The molecule has 7 aromatic rings. The predicted molar refractivity (Wildman–Crippen MR) is 207 cm³/mol. The zero-order chi connectivity index (χ0) is 34.9. The van der Waals surface area contributed by atoms with E-state index in [1.807, 2.05) is 54.6 Å². The highest BCUT2D eigenvalue weighted by molar-refractivity contribution is 7.93. The summed E-state index contributed by atoms with van der Waals surface area (Å²) in [6.07, 6.45) is 9.47. The summed E-state index contributed by atoms with van der Waals surface area (Å²) >= 11 is 0. The Kier molecular flexibility index (Phi) is 9.05. The lowest BCUT2D eigenvalue weighted by atomic mass is 10.1. The normalized spacial score (nSPS) is 11.8. The van der Waals surface area contributed by atoms with Gasteiger partial charge in [-0.25, -0.2) is 22.5 Å². The first-order chi connectivity index (χ1) is 24.1. The maximum Gasteiger partial charge on any atom is 0.123 e. The first-order valence-electron chi connectivity index (χ1n) is 15.8.